The van der Waals surface area contributed by atoms with Crippen molar-refractivity contribution in [2.75, 3.05) is 18.6 Å². The van der Waals surface area contributed by atoms with Gasteiger partial charge in [0.25, 0.3) is 0 Å². The maximum atomic E-state index is 13.7. The molecule has 2 rings (SSSR count). The van der Waals surface area contributed by atoms with E-state index in [2.05, 4.69) is 26.6 Å². The number of carbonyl (C=O) groups excluding carboxylic acids is 6. The lowest BCUT2D eigenvalue weighted by Gasteiger charge is -2.25. The molecule has 50 heavy (non-hydrogen) atoms. The first-order valence-electron chi connectivity index (χ1n) is 16.5. The molecule has 6 amide bonds. The number of aliphatic hydroxyl groups is 1. The van der Waals surface area contributed by atoms with Gasteiger partial charge in [0.2, 0.25) is 35.4 Å². The Morgan fingerprint density at radius 3 is 1.66 bits per heavy atom. The first-order chi connectivity index (χ1) is 23.7. The Morgan fingerprint density at radius 2 is 1.18 bits per heavy atom. The molecule has 0 aliphatic rings. The predicted octanol–water partition coefficient (Wildman–Crippen LogP) is -0.480. The van der Waals surface area contributed by atoms with Crippen LogP contribution in [0.15, 0.2) is 60.7 Å². The van der Waals surface area contributed by atoms with Crippen LogP contribution in [0.4, 0.5) is 0 Å². The molecule has 274 valence electrons. The lowest BCUT2D eigenvalue weighted by molar-refractivity contribution is -0.134. The van der Waals surface area contributed by atoms with Gasteiger partial charge in [0.1, 0.15) is 30.2 Å². The summed E-state index contributed by atoms with van der Waals surface area (Å²) in [6.45, 7) is 4.59. The highest BCUT2D eigenvalue weighted by Gasteiger charge is 2.31. The van der Waals surface area contributed by atoms with Crippen LogP contribution < -0.4 is 38.1 Å². The second kappa shape index (κ2) is 21.6. The lowest BCUT2D eigenvalue weighted by Crippen LogP contribution is -2.58. The highest BCUT2D eigenvalue weighted by atomic mass is 32.2. The van der Waals surface area contributed by atoms with Crippen LogP contribution in [-0.4, -0.2) is 95.4 Å². The number of aliphatic hydroxyl groups excluding tert-OH is 1. The second-order valence-electron chi connectivity index (χ2n) is 12.5. The molecule has 15 heteroatoms. The van der Waals surface area contributed by atoms with Crippen molar-refractivity contribution in [1.29, 1.82) is 0 Å². The highest BCUT2D eigenvalue weighted by molar-refractivity contribution is 7.98. The van der Waals surface area contributed by atoms with Crippen molar-refractivity contribution >= 4 is 47.2 Å². The van der Waals surface area contributed by atoms with Crippen molar-refractivity contribution in [3.63, 3.8) is 0 Å². The van der Waals surface area contributed by atoms with Gasteiger partial charge in [-0.2, -0.15) is 11.8 Å². The van der Waals surface area contributed by atoms with Crippen LogP contribution in [-0.2, 0) is 41.6 Å². The van der Waals surface area contributed by atoms with E-state index in [4.69, 9.17) is 11.5 Å². The van der Waals surface area contributed by atoms with Gasteiger partial charge in [0, 0.05) is 12.8 Å². The molecule has 14 nitrogen and oxygen atoms in total. The van der Waals surface area contributed by atoms with Crippen LogP contribution >= 0.6 is 11.8 Å². The van der Waals surface area contributed by atoms with E-state index < -0.39 is 78.3 Å². The maximum Gasteiger partial charge on any atom is 0.243 e. The Labute approximate surface area is 297 Å². The molecule has 0 bridgehead atoms. The zero-order valence-corrected chi connectivity index (χ0v) is 29.8. The number of hydrogen-bond acceptors (Lipinski definition) is 9. The predicted molar refractivity (Wildman–Crippen MR) is 192 cm³/mol. The number of thioether (sulfide) groups is 1. The Bertz CT molecular complexity index is 1410. The summed E-state index contributed by atoms with van der Waals surface area (Å²) in [6.07, 6.45) is 1.41. The molecule has 2 aromatic carbocycles. The third-order valence-electron chi connectivity index (χ3n) is 7.71. The molecule has 0 fully saturated rings. The number of carbonyl (C=O) groups is 6. The summed E-state index contributed by atoms with van der Waals surface area (Å²) in [5.74, 6) is -3.43. The molecule has 0 saturated heterocycles. The number of nitrogens with one attached hydrogen (secondary N) is 5. The summed E-state index contributed by atoms with van der Waals surface area (Å²) in [5.41, 5.74) is 12.7. The number of benzene rings is 2. The number of primary amides is 1. The molecular weight excluding hydrogens is 662 g/mol. The quantitative estimate of drug-likeness (QED) is 0.0833. The Hall–Kier alpha value is -4.47. The van der Waals surface area contributed by atoms with E-state index in [0.717, 1.165) is 11.1 Å². The molecule has 0 aliphatic carbocycles. The third kappa shape index (κ3) is 15.0. The summed E-state index contributed by atoms with van der Waals surface area (Å²) >= 11 is 1.50. The Kier molecular flexibility index (Phi) is 18.0. The molecular formula is C35H51N7O7S. The van der Waals surface area contributed by atoms with Crippen molar-refractivity contribution < 1.29 is 33.9 Å². The number of amides is 6. The average molecular weight is 714 g/mol. The topological polar surface area (TPSA) is 235 Å². The lowest BCUT2D eigenvalue weighted by atomic mass is 10.0. The zero-order chi connectivity index (χ0) is 37.2. The van der Waals surface area contributed by atoms with E-state index in [0.29, 0.717) is 12.2 Å². The van der Waals surface area contributed by atoms with Crippen LogP contribution in [0.2, 0.25) is 0 Å². The van der Waals surface area contributed by atoms with Crippen molar-refractivity contribution in [2.24, 2.45) is 17.4 Å². The van der Waals surface area contributed by atoms with Crippen LogP contribution in [0.3, 0.4) is 0 Å². The van der Waals surface area contributed by atoms with E-state index in [9.17, 15) is 33.9 Å². The second-order valence-corrected chi connectivity index (χ2v) is 13.5. The minimum atomic E-state index is -1.29. The molecule has 0 aliphatic heterocycles. The SMILES string of the molecule is CSCC[C@H](NC(=O)[C@H](CC(C)C)NC(=O)CNC(=O)[C@H](Cc1ccccc1)NC(=O)[C@H](Cc1ccccc1)NC(=O)[C@@H](N)[C@@H](C)O)C(N)=O. The van der Waals surface area contributed by atoms with Crippen LogP contribution in [0.25, 0.3) is 0 Å². The summed E-state index contributed by atoms with van der Waals surface area (Å²) in [4.78, 5) is 78.0. The van der Waals surface area contributed by atoms with Crippen LogP contribution in [0, 0.1) is 5.92 Å². The summed E-state index contributed by atoms with van der Waals surface area (Å²) in [5, 5.41) is 22.9. The maximum absolute atomic E-state index is 13.7. The van der Waals surface area contributed by atoms with Gasteiger partial charge in [-0.25, -0.2) is 0 Å². The molecule has 0 radical (unpaired) electrons. The normalized spacial score (nSPS) is 14.6. The van der Waals surface area contributed by atoms with Gasteiger partial charge in [-0.05, 0) is 48.8 Å². The number of rotatable bonds is 21. The molecule has 0 saturated carbocycles. The van der Waals surface area contributed by atoms with E-state index in [1.165, 1.54) is 18.7 Å². The summed E-state index contributed by atoms with van der Waals surface area (Å²) in [6, 6.07) is 12.3. The Balaban J connectivity index is 2.21. The van der Waals surface area contributed by atoms with Crippen molar-refractivity contribution in [3.05, 3.63) is 71.8 Å². The van der Waals surface area contributed by atoms with E-state index in [-0.39, 0.29) is 25.2 Å². The number of nitrogens with two attached hydrogens (primary N) is 2. The molecule has 0 aromatic heterocycles. The average Bonchev–Trinajstić information content (AvgIpc) is 3.08. The van der Waals surface area contributed by atoms with E-state index in [1.54, 1.807) is 60.7 Å². The van der Waals surface area contributed by atoms with E-state index in [1.807, 2.05) is 20.1 Å². The molecule has 0 unspecified atom stereocenters. The minimum Gasteiger partial charge on any atom is -0.391 e. The van der Waals surface area contributed by atoms with Crippen LogP contribution in [0.1, 0.15) is 44.7 Å². The smallest absolute Gasteiger partial charge is 0.243 e. The van der Waals surface area contributed by atoms with Gasteiger partial charge in [0.05, 0.1) is 12.6 Å². The summed E-state index contributed by atoms with van der Waals surface area (Å²) in [7, 11) is 0. The molecule has 0 spiro atoms. The van der Waals surface area contributed by atoms with Gasteiger partial charge in [-0.1, -0.05) is 74.5 Å². The largest absolute Gasteiger partial charge is 0.391 e. The monoisotopic (exact) mass is 713 g/mol. The first-order valence-corrected chi connectivity index (χ1v) is 17.9. The van der Waals surface area contributed by atoms with Crippen molar-refractivity contribution in [2.45, 2.75) is 82.8 Å². The summed E-state index contributed by atoms with van der Waals surface area (Å²) < 4.78 is 0. The van der Waals surface area contributed by atoms with Gasteiger partial charge < -0.3 is 43.2 Å². The number of hydrogen-bond donors (Lipinski definition) is 8. The fraction of sp³-hybridized carbons (Fsp3) is 0.486. The van der Waals surface area contributed by atoms with E-state index >= 15 is 0 Å². The first kappa shape index (κ1) is 41.7. The standard InChI is InChI=1S/C35H51N7O7S/c1-21(2)17-26(33(47)40-25(31(37)45)15-16-50-4)39-29(44)20-38-32(46)27(18-23-11-7-5-8-12-23)41-34(48)28(19-24-13-9-6-10-14-24)42-35(49)30(36)22(3)43/h5-14,21-22,25-28,30,43H,15-20,36H2,1-4H3,(H2,37,45)(H,38,46)(H,39,44)(H,40,47)(H,41,48)(H,42,49)/t22-,25+,26+,27+,28+,30+/m1/s1. The van der Waals surface area contributed by atoms with Crippen LogP contribution in [0.5, 0.6) is 0 Å². The van der Waals surface area contributed by atoms with Crippen molar-refractivity contribution in [3.8, 4) is 0 Å². The zero-order valence-electron chi connectivity index (χ0n) is 29.0. The van der Waals surface area contributed by atoms with Gasteiger partial charge in [0.15, 0.2) is 0 Å². The van der Waals surface area contributed by atoms with Gasteiger partial charge >= 0.3 is 0 Å². The highest BCUT2D eigenvalue weighted by Crippen LogP contribution is 2.09. The fourth-order valence-electron chi connectivity index (χ4n) is 4.91. The third-order valence-corrected chi connectivity index (χ3v) is 8.35. The Morgan fingerprint density at radius 1 is 0.700 bits per heavy atom. The molecule has 0 heterocycles. The minimum absolute atomic E-state index is 0.00351. The fourth-order valence-corrected chi connectivity index (χ4v) is 5.38. The van der Waals surface area contributed by atoms with Gasteiger partial charge in [-0.3, -0.25) is 28.8 Å². The molecule has 10 N–H and O–H groups in total. The van der Waals surface area contributed by atoms with Crippen molar-refractivity contribution in [1.82, 2.24) is 26.6 Å². The molecule has 2 aromatic rings. The van der Waals surface area contributed by atoms with Gasteiger partial charge in [-0.15, -0.1) is 0 Å². The molecule has 6 atom stereocenters.